The van der Waals surface area contributed by atoms with E-state index in [-0.39, 0.29) is 5.91 Å². The number of nitrogen functional groups attached to an aromatic ring is 1. The summed E-state index contributed by atoms with van der Waals surface area (Å²) >= 11 is 0. The molecule has 0 fully saturated rings. The third-order valence-corrected chi connectivity index (χ3v) is 3.15. The van der Waals surface area contributed by atoms with E-state index in [1.165, 1.54) is 7.11 Å². The van der Waals surface area contributed by atoms with Gasteiger partial charge in [-0.05, 0) is 25.1 Å². The molecule has 21 heavy (non-hydrogen) atoms. The van der Waals surface area contributed by atoms with Gasteiger partial charge in [0.2, 0.25) is 0 Å². The highest BCUT2D eigenvalue weighted by atomic mass is 16.5. The topological polar surface area (TPSA) is 78.5 Å². The van der Waals surface area contributed by atoms with E-state index in [4.69, 9.17) is 15.2 Å². The van der Waals surface area contributed by atoms with Crippen molar-refractivity contribution in [1.82, 2.24) is 4.57 Å². The molecule has 2 rings (SSSR count). The Kier molecular flexibility index (Phi) is 4.37. The normalized spacial score (nSPS) is 10.2. The number of carbonyl (C=O) groups excluding carboxylic acids is 1. The number of aryl methyl sites for hydroxylation is 1. The van der Waals surface area contributed by atoms with E-state index in [0.29, 0.717) is 35.1 Å². The second kappa shape index (κ2) is 6.21. The van der Waals surface area contributed by atoms with E-state index in [1.54, 1.807) is 42.1 Å². The molecule has 6 heteroatoms. The molecule has 1 aromatic heterocycles. The lowest BCUT2D eigenvalue weighted by Crippen LogP contribution is -2.16. The zero-order valence-corrected chi connectivity index (χ0v) is 12.3. The van der Waals surface area contributed by atoms with Crippen LogP contribution in [0.4, 0.5) is 11.4 Å². The minimum atomic E-state index is -0.239. The van der Waals surface area contributed by atoms with Crippen LogP contribution in [0.5, 0.6) is 11.5 Å². The third-order valence-electron chi connectivity index (χ3n) is 3.15. The number of anilines is 2. The Hall–Kier alpha value is -2.63. The molecular formula is C15H19N3O3. The Balaban J connectivity index is 2.26. The highest BCUT2D eigenvalue weighted by molar-refractivity contribution is 6.04. The van der Waals surface area contributed by atoms with Gasteiger partial charge in [-0.2, -0.15) is 0 Å². The first-order valence-corrected chi connectivity index (χ1v) is 6.58. The number of nitrogens with two attached hydrogens (primary N) is 1. The number of hydrogen-bond acceptors (Lipinski definition) is 4. The molecule has 1 heterocycles. The van der Waals surface area contributed by atoms with Crippen LogP contribution in [-0.4, -0.2) is 24.7 Å². The monoisotopic (exact) mass is 289 g/mol. The predicted octanol–water partition coefficient (Wildman–Crippen LogP) is 2.36. The van der Waals surface area contributed by atoms with Crippen LogP contribution in [0.2, 0.25) is 0 Å². The van der Waals surface area contributed by atoms with Crippen LogP contribution in [-0.2, 0) is 6.54 Å². The number of ether oxygens (including phenoxy) is 2. The number of benzene rings is 1. The molecular weight excluding hydrogens is 270 g/mol. The third kappa shape index (κ3) is 3.10. The maximum atomic E-state index is 12.4. The summed E-state index contributed by atoms with van der Waals surface area (Å²) in [4.78, 5) is 12.4. The molecule has 1 amide bonds. The second-order valence-electron chi connectivity index (χ2n) is 4.47. The Morgan fingerprint density at radius 2 is 2.05 bits per heavy atom. The van der Waals surface area contributed by atoms with E-state index < -0.39 is 0 Å². The number of carbonyl (C=O) groups is 1. The first kappa shape index (κ1) is 14.8. The molecule has 0 atom stereocenters. The molecule has 0 aliphatic heterocycles. The van der Waals surface area contributed by atoms with Gasteiger partial charge >= 0.3 is 0 Å². The summed E-state index contributed by atoms with van der Waals surface area (Å²) < 4.78 is 12.2. The van der Waals surface area contributed by atoms with E-state index in [2.05, 4.69) is 5.32 Å². The molecule has 1 aromatic carbocycles. The maximum absolute atomic E-state index is 12.4. The lowest BCUT2D eigenvalue weighted by molar-refractivity contribution is 0.101. The van der Waals surface area contributed by atoms with Gasteiger partial charge in [-0.3, -0.25) is 4.79 Å². The Morgan fingerprint density at radius 3 is 2.67 bits per heavy atom. The van der Waals surface area contributed by atoms with Crippen molar-refractivity contribution in [3.8, 4) is 11.5 Å². The van der Waals surface area contributed by atoms with Crippen molar-refractivity contribution in [2.24, 2.45) is 0 Å². The number of nitrogens with one attached hydrogen (secondary N) is 1. The van der Waals surface area contributed by atoms with Gasteiger partial charge in [0.15, 0.2) is 0 Å². The van der Waals surface area contributed by atoms with E-state index in [1.807, 2.05) is 6.92 Å². The van der Waals surface area contributed by atoms with Crippen molar-refractivity contribution >= 4 is 17.3 Å². The molecule has 112 valence electrons. The molecule has 0 radical (unpaired) electrons. The number of hydrogen-bond donors (Lipinski definition) is 2. The summed E-state index contributed by atoms with van der Waals surface area (Å²) in [6.45, 7) is 2.61. The number of amides is 1. The predicted molar refractivity (Wildman–Crippen MR) is 82.0 cm³/mol. The van der Waals surface area contributed by atoms with E-state index in [9.17, 15) is 4.79 Å². The van der Waals surface area contributed by atoms with Crippen LogP contribution in [0.25, 0.3) is 0 Å². The molecule has 0 unspecified atom stereocenters. The Labute approximate surface area is 123 Å². The van der Waals surface area contributed by atoms with Gasteiger partial charge in [-0.25, -0.2) is 0 Å². The van der Waals surface area contributed by atoms with Crippen molar-refractivity contribution in [3.63, 3.8) is 0 Å². The molecule has 0 bridgehead atoms. The first-order chi connectivity index (χ1) is 10.1. The van der Waals surface area contributed by atoms with Gasteiger partial charge in [0, 0.05) is 18.8 Å². The zero-order chi connectivity index (χ0) is 15.4. The lowest BCUT2D eigenvalue weighted by atomic mass is 10.2. The first-order valence-electron chi connectivity index (χ1n) is 6.58. The van der Waals surface area contributed by atoms with E-state index >= 15 is 0 Å². The molecule has 0 aliphatic carbocycles. The summed E-state index contributed by atoms with van der Waals surface area (Å²) in [5.74, 6) is 0.952. The van der Waals surface area contributed by atoms with Gasteiger partial charge in [0.1, 0.15) is 17.2 Å². The molecule has 3 N–H and O–H groups in total. The average Bonchev–Trinajstić information content (AvgIpc) is 2.88. The molecule has 0 saturated heterocycles. The minimum absolute atomic E-state index is 0.239. The SMILES string of the molecule is CCn1cc(N)cc1C(=O)Nc1ccc(OC)cc1OC. The number of nitrogens with zero attached hydrogens (tertiary/aromatic N) is 1. The Morgan fingerprint density at radius 1 is 1.29 bits per heavy atom. The summed E-state index contributed by atoms with van der Waals surface area (Å²) in [5, 5.41) is 2.82. The fraction of sp³-hybridized carbons (Fsp3) is 0.267. The van der Waals surface area contributed by atoms with Crippen LogP contribution in [0.15, 0.2) is 30.5 Å². The fourth-order valence-electron chi connectivity index (χ4n) is 2.07. The van der Waals surface area contributed by atoms with Crippen molar-refractivity contribution in [1.29, 1.82) is 0 Å². The zero-order valence-electron chi connectivity index (χ0n) is 12.3. The number of rotatable bonds is 5. The molecule has 2 aromatic rings. The smallest absolute Gasteiger partial charge is 0.272 e. The quantitative estimate of drug-likeness (QED) is 0.885. The highest BCUT2D eigenvalue weighted by Crippen LogP contribution is 2.29. The van der Waals surface area contributed by atoms with Crippen LogP contribution in [0, 0.1) is 0 Å². The molecule has 0 aliphatic rings. The maximum Gasteiger partial charge on any atom is 0.272 e. The average molecular weight is 289 g/mol. The van der Waals surface area contributed by atoms with Crippen LogP contribution < -0.4 is 20.5 Å². The van der Waals surface area contributed by atoms with Gasteiger partial charge in [-0.15, -0.1) is 0 Å². The highest BCUT2D eigenvalue weighted by Gasteiger charge is 2.14. The van der Waals surface area contributed by atoms with Crippen molar-refractivity contribution in [2.75, 3.05) is 25.3 Å². The van der Waals surface area contributed by atoms with E-state index in [0.717, 1.165) is 0 Å². The van der Waals surface area contributed by atoms with Gasteiger partial charge in [-0.1, -0.05) is 0 Å². The number of methoxy groups -OCH3 is 2. The minimum Gasteiger partial charge on any atom is -0.497 e. The second-order valence-corrected chi connectivity index (χ2v) is 4.47. The lowest BCUT2D eigenvalue weighted by Gasteiger charge is -2.12. The van der Waals surface area contributed by atoms with Gasteiger partial charge < -0.3 is 25.1 Å². The summed E-state index contributed by atoms with van der Waals surface area (Å²) in [7, 11) is 3.11. The van der Waals surface area contributed by atoms with Crippen molar-refractivity contribution in [2.45, 2.75) is 13.5 Å². The van der Waals surface area contributed by atoms with Crippen molar-refractivity contribution in [3.05, 3.63) is 36.2 Å². The summed E-state index contributed by atoms with van der Waals surface area (Å²) in [6, 6.07) is 6.85. The molecule has 0 spiro atoms. The fourth-order valence-corrected chi connectivity index (χ4v) is 2.07. The largest absolute Gasteiger partial charge is 0.497 e. The van der Waals surface area contributed by atoms with Gasteiger partial charge in [0.25, 0.3) is 5.91 Å². The van der Waals surface area contributed by atoms with Gasteiger partial charge in [0.05, 0.1) is 25.6 Å². The summed E-state index contributed by atoms with van der Waals surface area (Å²) in [5.41, 5.74) is 7.38. The Bertz CT molecular complexity index is 650. The molecule has 6 nitrogen and oxygen atoms in total. The van der Waals surface area contributed by atoms with Crippen LogP contribution in [0.3, 0.4) is 0 Å². The van der Waals surface area contributed by atoms with Crippen molar-refractivity contribution < 1.29 is 14.3 Å². The standard InChI is InChI=1S/C15H19N3O3/c1-4-18-9-10(16)7-13(18)15(19)17-12-6-5-11(20-2)8-14(12)21-3/h5-9H,4,16H2,1-3H3,(H,17,19). The summed E-state index contributed by atoms with van der Waals surface area (Å²) in [6.07, 6.45) is 1.74. The van der Waals surface area contributed by atoms with Crippen LogP contribution in [0.1, 0.15) is 17.4 Å². The number of aromatic nitrogens is 1. The van der Waals surface area contributed by atoms with Crippen LogP contribution >= 0.6 is 0 Å². The molecule has 0 saturated carbocycles.